The third-order valence-corrected chi connectivity index (χ3v) is 6.18. The van der Waals surface area contributed by atoms with Crippen molar-refractivity contribution < 1.29 is 5.11 Å². The van der Waals surface area contributed by atoms with Gasteiger partial charge in [-0.3, -0.25) is 0 Å². The van der Waals surface area contributed by atoms with E-state index in [1.807, 2.05) is 12.1 Å². The van der Waals surface area contributed by atoms with Crippen molar-refractivity contribution >= 4 is 16.5 Å². The van der Waals surface area contributed by atoms with Gasteiger partial charge in [0.25, 0.3) is 0 Å². The number of rotatable bonds is 3. The van der Waals surface area contributed by atoms with Gasteiger partial charge in [-0.05, 0) is 50.9 Å². The third-order valence-electron chi connectivity index (χ3n) is 5.15. The van der Waals surface area contributed by atoms with Crippen LogP contribution in [0.2, 0.25) is 0 Å². The predicted molar refractivity (Wildman–Crippen MR) is 97.7 cm³/mol. The number of phenols is 1. The average Bonchev–Trinajstić information content (AvgIpc) is 3.13. The highest BCUT2D eigenvalue weighted by Crippen LogP contribution is 2.32. The molecule has 0 unspecified atom stereocenters. The Morgan fingerprint density at radius 1 is 1.00 bits per heavy atom. The Morgan fingerprint density at radius 3 is 2.54 bits per heavy atom. The van der Waals surface area contributed by atoms with Crippen LogP contribution in [0.5, 0.6) is 5.75 Å². The van der Waals surface area contributed by atoms with Crippen LogP contribution >= 0.6 is 11.3 Å². The summed E-state index contributed by atoms with van der Waals surface area (Å²) in [5.74, 6) is 0.270. The standard InChI is InChI=1S/C18H24N4OS/c23-16-6-4-5-14(13-16)17-19-20-18(24-17)22-11-7-15(8-12-22)21-9-2-1-3-10-21/h4-6,13,15,23H,1-3,7-12H2. The summed E-state index contributed by atoms with van der Waals surface area (Å²) < 4.78 is 0. The molecule has 2 aliphatic rings. The first kappa shape index (κ1) is 15.8. The SMILES string of the molecule is Oc1cccc(-c2nnc(N3CCC(N4CCCCC4)CC3)s2)c1. The topological polar surface area (TPSA) is 52.5 Å². The molecule has 2 aliphatic heterocycles. The Kier molecular flexibility index (Phi) is 4.67. The highest BCUT2D eigenvalue weighted by molar-refractivity contribution is 7.18. The minimum Gasteiger partial charge on any atom is -0.508 e. The molecule has 4 rings (SSSR count). The first-order valence-electron chi connectivity index (χ1n) is 8.91. The van der Waals surface area contributed by atoms with Crippen LogP contribution in [0.4, 0.5) is 5.13 Å². The summed E-state index contributed by atoms with van der Waals surface area (Å²) in [7, 11) is 0. The van der Waals surface area contributed by atoms with Gasteiger partial charge in [0.1, 0.15) is 10.8 Å². The molecular weight excluding hydrogens is 320 g/mol. The molecule has 0 amide bonds. The van der Waals surface area contributed by atoms with Crippen LogP contribution in [0.3, 0.4) is 0 Å². The molecule has 0 spiro atoms. The summed E-state index contributed by atoms with van der Waals surface area (Å²) in [4.78, 5) is 5.06. The Bertz CT molecular complexity index is 675. The normalized spacial score (nSPS) is 20.4. The number of benzene rings is 1. The number of likely N-dealkylation sites (tertiary alicyclic amines) is 1. The number of hydrogen-bond acceptors (Lipinski definition) is 6. The van der Waals surface area contributed by atoms with E-state index in [1.165, 1.54) is 45.2 Å². The summed E-state index contributed by atoms with van der Waals surface area (Å²) in [6.07, 6.45) is 6.58. The lowest BCUT2D eigenvalue weighted by atomic mass is 10.0. The van der Waals surface area contributed by atoms with Gasteiger partial charge in [0.2, 0.25) is 5.13 Å². The zero-order chi connectivity index (χ0) is 16.4. The molecule has 128 valence electrons. The van der Waals surface area contributed by atoms with Gasteiger partial charge in [-0.15, -0.1) is 10.2 Å². The number of aromatic hydroxyl groups is 1. The van der Waals surface area contributed by atoms with Crippen molar-refractivity contribution in [3.8, 4) is 16.3 Å². The van der Waals surface area contributed by atoms with E-state index in [2.05, 4.69) is 20.0 Å². The second-order valence-electron chi connectivity index (χ2n) is 6.75. The minimum absolute atomic E-state index is 0.270. The van der Waals surface area contributed by atoms with E-state index in [4.69, 9.17) is 0 Å². The predicted octanol–water partition coefficient (Wildman–Crippen LogP) is 3.37. The van der Waals surface area contributed by atoms with E-state index < -0.39 is 0 Å². The number of anilines is 1. The third kappa shape index (κ3) is 3.39. The molecule has 2 fully saturated rings. The Balaban J connectivity index is 1.39. The highest BCUT2D eigenvalue weighted by Gasteiger charge is 2.27. The molecular formula is C18H24N4OS. The fraction of sp³-hybridized carbons (Fsp3) is 0.556. The van der Waals surface area contributed by atoms with Crippen molar-refractivity contribution in [3.63, 3.8) is 0 Å². The lowest BCUT2D eigenvalue weighted by Crippen LogP contribution is -2.46. The Hall–Kier alpha value is -1.66. The number of piperidine rings is 2. The van der Waals surface area contributed by atoms with Gasteiger partial charge in [-0.1, -0.05) is 29.9 Å². The van der Waals surface area contributed by atoms with Gasteiger partial charge in [-0.2, -0.15) is 0 Å². The summed E-state index contributed by atoms with van der Waals surface area (Å²) in [5.41, 5.74) is 0.932. The van der Waals surface area contributed by atoms with E-state index in [1.54, 1.807) is 23.5 Å². The highest BCUT2D eigenvalue weighted by atomic mass is 32.1. The number of hydrogen-bond donors (Lipinski definition) is 1. The van der Waals surface area contributed by atoms with Gasteiger partial charge in [0.15, 0.2) is 0 Å². The summed E-state index contributed by atoms with van der Waals surface area (Å²) in [6, 6.07) is 7.98. The molecule has 0 saturated carbocycles. The molecule has 24 heavy (non-hydrogen) atoms. The summed E-state index contributed by atoms with van der Waals surface area (Å²) in [6.45, 7) is 4.70. The van der Waals surface area contributed by atoms with Gasteiger partial charge < -0.3 is 14.9 Å². The van der Waals surface area contributed by atoms with Gasteiger partial charge in [0, 0.05) is 24.7 Å². The summed E-state index contributed by atoms with van der Waals surface area (Å²) >= 11 is 1.62. The van der Waals surface area contributed by atoms with Crippen LogP contribution in [0.15, 0.2) is 24.3 Å². The average molecular weight is 344 g/mol. The molecule has 0 bridgehead atoms. The molecule has 0 aliphatic carbocycles. The molecule has 1 N–H and O–H groups in total. The van der Waals surface area contributed by atoms with E-state index in [9.17, 15) is 5.11 Å². The Labute approximate surface area is 146 Å². The maximum absolute atomic E-state index is 9.62. The smallest absolute Gasteiger partial charge is 0.208 e. The van der Waals surface area contributed by atoms with Crippen molar-refractivity contribution in [1.29, 1.82) is 0 Å². The second-order valence-corrected chi connectivity index (χ2v) is 7.71. The van der Waals surface area contributed by atoms with E-state index >= 15 is 0 Å². The van der Waals surface area contributed by atoms with Crippen molar-refractivity contribution in [3.05, 3.63) is 24.3 Å². The quantitative estimate of drug-likeness (QED) is 0.925. The molecule has 5 nitrogen and oxygen atoms in total. The zero-order valence-corrected chi connectivity index (χ0v) is 14.7. The van der Waals surface area contributed by atoms with Crippen LogP contribution in [0, 0.1) is 0 Å². The zero-order valence-electron chi connectivity index (χ0n) is 13.9. The van der Waals surface area contributed by atoms with Gasteiger partial charge >= 0.3 is 0 Å². The minimum atomic E-state index is 0.270. The monoisotopic (exact) mass is 344 g/mol. The Morgan fingerprint density at radius 2 is 1.79 bits per heavy atom. The molecule has 6 heteroatoms. The molecule has 3 heterocycles. The number of phenolic OH excluding ortho intramolecular Hbond substituents is 1. The molecule has 2 aromatic rings. The number of nitrogens with zero attached hydrogens (tertiary/aromatic N) is 4. The lowest BCUT2D eigenvalue weighted by molar-refractivity contribution is 0.141. The van der Waals surface area contributed by atoms with E-state index in [0.717, 1.165) is 34.8 Å². The largest absolute Gasteiger partial charge is 0.508 e. The lowest BCUT2D eigenvalue weighted by Gasteiger charge is -2.40. The maximum Gasteiger partial charge on any atom is 0.208 e. The van der Waals surface area contributed by atoms with Crippen molar-refractivity contribution in [2.45, 2.75) is 38.1 Å². The van der Waals surface area contributed by atoms with E-state index in [0.29, 0.717) is 0 Å². The fourth-order valence-corrected chi connectivity index (χ4v) is 4.70. The van der Waals surface area contributed by atoms with Gasteiger partial charge in [-0.25, -0.2) is 0 Å². The molecule has 0 radical (unpaired) electrons. The van der Waals surface area contributed by atoms with Crippen LogP contribution in [0.25, 0.3) is 10.6 Å². The van der Waals surface area contributed by atoms with E-state index in [-0.39, 0.29) is 5.75 Å². The second kappa shape index (κ2) is 7.07. The first-order valence-corrected chi connectivity index (χ1v) is 9.73. The van der Waals surface area contributed by atoms with Gasteiger partial charge in [0.05, 0.1) is 0 Å². The first-order chi connectivity index (χ1) is 11.8. The van der Waals surface area contributed by atoms with Crippen LogP contribution < -0.4 is 4.90 Å². The number of aromatic nitrogens is 2. The maximum atomic E-state index is 9.62. The van der Waals surface area contributed by atoms with Crippen LogP contribution in [-0.4, -0.2) is 52.4 Å². The molecule has 1 aromatic carbocycles. The van der Waals surface area contributed by atoms with Crippen molar-refractivity contribution in [1.82, 2.24) is 15.1 Å². The molecule has 1 aromatic heterocycles. The molecule has 0 atom stereocenters. The summed E-state index contributed by atoms with van der Waals surface area (Å²) in [5, 5.41) is 20.2. The fourth-order valence-electron chi connectivity index (χ4n) is 3.80. The molecule has 2 saturated heterocycles. The van der Waals surface area contributed by atoms with Crippen LogP contribution in [0.1, 0.15) is 32.1 Å². The van der Waals surface area contributed by atoms with Crippen molar-refractivity contribution in [2.75, 3.05) is 31.1 Å². The van der Waals surface area contributed by atoms with Crippen molar-refractivity contribution in [2.24, 2.45) is 0 Å². The van der Waals surface area contributed by atoms with Crippen LogP contribution in [-0.2, 0) is 0 Å².